The van der Waals surface area contributed by atoms with Crippen LogP contribution in [0.4, 0.5) is 0 Å². The SMILES string of the molecule is Cl.Cl.N#CC(c1cccnc1)N1CCN(C(=O)CNCc2ccccc2)CC1. The van der Waals surface area contributed by atoms with Gasteiger partial charge in [0, 0.05) is 50.7 Å². The molecule has 1 aromatic carbocycles. The van der Waals surface area contributed by atoms with E-state index in [0.717, 1.165) is 5.56 Å². The molecule has 8 heteroatoms. The first-order valence-corrected chi connectivity index (χ1v) is 8.84. The summed E-state index contributed by atoms with van der Waals surface area (Å²) in [5.74, 6) is 0.107. The highest BCUT2D eigenvalue weighted by molar-refractivity contribution is 5.85. The standard InChI is InChI=1S/C20H23N5O.2ClH/c21-13-19(18-7-4-8-22-15-18)24-9-11-25(12-10-24)20(26)16-23-14-17-5-2-1-3-6-17;;/h1-8,15,19,23H,9-12,14,16H2;2*1H. The van der Waals surface area contributed by atoms with Crippen molar-refractivity contribution in [3.8, 4) is 6.07 Å². The maximum Gasteiger partial charge on any atom is 0.236 e. The van der Waals surface area contributed by atoms with Gasteiger partial charge < -0.3 is 10.2 Å². The summed E-state index contributed by atoms with van der Waals surface area (Å²) in [5.41, 5.74) is 2.07. The van der Waals surface area contributed by atoms with Crippen LogP contribution in [0.3, 0.4) is 0 Å². The molecule has 1 unspecified atom stereocenters. The number of halogens is 2. The second-order valence-corrected chi connectivity index (χ2v) is 6.32. The lowest BCUT2D eigenvalue weighted by molar-refractivity contribution is -0.132. The van der Waals surface area contributed by atoms with Crippen LogP contribution in [-0.2, 0) is 11.3 Å². The number of piperazine rings is 1. The number of hydrogen-bond acceptors (Lipinski definition) is 5. The fourth-order valence-electron chi connectivity index (χ4n) is 3.16. The van der Waals surface area contributed by atoms with Gasteiger partial charge in [-0.3, -0.25) is 14.7 Å². The Kier molecular flexibility index (Phi) is 10.5. The Morgan fingerprint density at radius 2 is 1.82 bits per heavy atom. The normalized spacial score (nSPS) is 14.9. The predicted molar refractivity (Wildman–Crippen MR) is 113 cm³/mol. The number of carbonyl (C=O) groups is 1. The Bertz CT molecular complexity index is 746. The zero-order valence-corrected chi connectivity index (χ0v) is 17.2. The lowest BCUT2D eigenvalue weighted by atomic mass is 10.1. The van der Waals surface area contributed by atoms with Gasteiger partial charge in [0.2, 0.25) is 5.91 Å². The van der Waals surface area contributed by atoms with Gasteiger partial charge in [-0.25, -0.2) is 0 Å². The average molecular weight is 422 g/mol. The van der Waals surface area contributed by atoms with Crippen LogP contribution in [0.25, 0.3) is 0 Å². The number of aromatic nitrogens is 1. The first-order chi connectivity index (χ1) is 12.8. The molecule has 0 aliphatic carbocycles. The summed E-state index contributed by atoms with van der Waals surface area (Å²) < 4.78 is 0. The minimum Gasteiger partial charge on any atom is -0.339 e. The molecule has 0 radical (unpaired) electrons. The van der Waals surface area contributed by atoms with Crippen LogP contribution >= 0.6 is 24.8 Å². The van der Waals surface area contributed by atoms with Gasteiger partial charge in [0.05, 0.1) is 12.6 Å². The van der Waals surface area contributed by atoms with Crippen molar-refractivity contribution in [1.29, 1.82) is 5.26 Å². The monoisotopic (exact) mass is 421 g/mol. The van der Waals surface area contributed by atoms with E-state index < -0.39 is 0 Å². The van der Waals surface area contributed by atoms with E-state index in [1.165, 1.54) is 5.56 Å². The molecular formula is C20H25Cl2N5O. The highest BCUT2D eigenvalue weighted by atomic mass is 35.5. The number of carbonyl (C=O) groups excluding carboxylic acids is 1. The second-order valence-electron chi connectivity index (χ2n) is 6.32. The summed E-state index contributed by atoms with van der Waals surface area (Å²) in [7, 11) is 0. The molecule has 6 nitrogen and oxygen atoms in total. The molecule has 1 N–H and O–H groups in total. The molecule has 0 spiro atoms. The lowest BCUT2D eigenvalue weighted by Gasteiger charge is -2.37. The highest BCUT2D eigenvalue weighted by Crippen LogP contribution is 2.20. The first-order valence-electron chi connectivity index (χ1n) is 8.84. The quantitative estimate of drug-likeness (QED) is 0.774. The molecule has 1 amide bonds. The third-order valence-corrected chi connectivity index (χ3v) is 4.60. The number of nitrogens with zero attached hydrogens (tertiary/aromatic N) is 4. The average Bonchev–Trinajstić information content (AvgIpc) is 2.71. The predicted octanol–water partition coefficient (Wildman–Crippen LogP) is 2.42. The molecule has 0 saturated carbocycles. The Balaban J connectivity index is 0.00000196. The maximum absolute atomic E-state index is 12.4. The Hall–Kier alpha value is -2.17. The second kappa shape index (κ2) is 12.3. The molecule has 28 heavy (non-hydrogen) atoms. The zero-order chi connectivity index (χ0) is 18.2. The minimum absolute atomic E-state index is 0. The van der Waals surface area contributed by atoms with E-state index >= 15 is 0 Å². The number of nitrogens with one attached hydrogen (secondary N) is 1. The molecular weight excluding hydrogens is 397 g/mol. The molecule has 1 aromatic heterocycles. The fourth-order valence-corrected chi connectivity index (χ4v) is 3.16. The molecule has 1 aliphatic heterocycles. The van der Waals surface area contributed by atoms with Gasteiger partial charge in [-0.2, -0.15) is 5.26 Å². The molecule has 1 fully saturated rings. The molecule has 1 aliphatic rings. The van der Waals surface area contributed by atoms with Crippen molar-refractivity contribution in [2.45, 2.75) is 12.6 Å². The van der Waals surface area contributed by atoms with Crippen LogP contribution in [0.2, 0.25) is 0 Å². The summed E-state index contributed by atoms with van der Waals surface area (Å²) in [6.45, 7) is 3.69. The summed E-state index contributed by atoms with van der Waals surface area (Å²) in [5, 5.41) is 12.7. The zero-order valence-electron chi connectivity index (χ0n) is 15.5. The van der Waals surface area contributed by atoms with E-state index in [4.69, 9.17) is 0 Å². The van der Waals surface area contributed by atoms with Gasteiger partial charge in [-0.1, -0.05) is 36.4 Å². The van der Waals surface area contributed by atoms with Crippen molar-refractivity contribution in [1.82, 2.24) is 20.1 Å². The van der Waals surface area contributed by atoms with Crippen molar-refractivity contribution in [3.05, 3.63) is 66.0 Å². The molecule has 0 bridgehead atoms. The van der Waals surface area contributed by atoms with E-state index in [1.807, 2.05) is 47.4 Å². The number of hydrogen-bond donors (Lipinski definition) is 1. The topological polar surface area (TPSA) is 72.3 Å². The summed E-state index contributed by atoms with van der Waals surface area (Å²) in [6, 6.07) is 15.9. The number of amides is 1. The van der Waals surface area contributed by atoms with Crippen LogP contribution in [0, 0.1) is 11.3 Å². The number of rotatable bonds is 6. The largest absolute Gasteiger partial charge is 0.339 e. The van der Waals surface area contributed by atoms with Gasteiger partial charge in [0.15, 0.2) is 0 Å². The molecule has 2 heterocycles. The van der Waals surface area contributed by atoms with Crippen molar-refractivity contribution in [2.24, 2.45) is 0 Å². The molecule has 3 rings (SSSR count). The van der Waals surface area contributed by atoms with Gasteiger partial charge in [0.1, 0.15) is 6.04 Å². The van der Waals surface area contributed by atoms with Crippen molar-refractivity contribution < 1.29 is 4.79 Å². The summed E-state index contributed by atoms with van der Waals surface area (Å²) in [4.78, 5) is 20.5. The van der Waals surface area contributed by atoms with Crippen molar-refractivity contribution in [3.63, 3.8) is 0 Å². The molecule has 1 atom stereocenters. The third kappa shape index (κ3) is 6.47. The van der Waals surface area contributed by atoms with Crippen molar-refractivity contribution >= 4 is 30.7 Å². The Labute approximate surface area is 178 Å². The van der Waals surface area contributed by atoms with E-state index in [-0.39, 0.29) is 36.8 Å². The third-order valence-electron chi connectivity index (χ3n) is 4.60. The number of benzene rings is 1. The van der Waals surface area contributed by atoms with E-state index in [0.29, 0.717) is 39.3 Å². The minimum atomic E-state index is -0.308. The van der Waals surface area contributed by atoms with Crippen LogP contribution < -0.4 is 5.32 Å². The number of nitriles is 1. The summed E-state index contributed by atoms with van der Waals surface area (Å²) in [6.07, 6.45) is 3.44. The van der Waals surface area contributed by atoms with E-state index in [9.17, 15) is 10.1 Å². The van der Waals surface area contributed by atoms with Crippen LogP contribution in [0.15, 0.2) is 54.9 Å². The lowest BCUT2D eigenvalue weighted by Crippen LogP contribution is -2.51. The van der Waals surface area contributed by atoms with Crippen molar-refractivity contribution in [2.75, 3.05) is 32.7 Å². The van der Waals surface area contributed by atoms with Gasteiger partial charge in [-0.15, -0.1) is 24.8 Å². The molecule has 1 saturated heterocycles. The number of pyridine rings is 1. The van der Waals surface area contributed by atoms with Crippen LogP contribution in [0.1, 0.15) is 17.2 Å². The van der Waals surface area contributed by atoms with Gasteiger partial charge in [0.25, 0.3) is 0 Å². The van der Waals surface area contributed by atoms with Crippen LogP contribution in [0.5, 0.6) is 0 Å². The molecule has 2 aromatic rings. The smallest absolute Gasteiger partial charge is 0.236 e. The van der Waals surface area contributed by atoms with E-state index in [1.54, 1.807) is 12.4 Å². The van der Waals surface area contributed by atoms with Crippen LogP contribution in [-0.4, -0.2) is 53.4 Å². The first kappa shape index (κ1) is 23.9. The molecule has 150 valence electrons. The maximum atomic E-state index is 12.4. The van der Waals surface area contributed by atoms with E-state index in [2.05, 4.69) is 21.3 Å². The summed E-state index contributed by atoms with van der Waals surface area (Å²) >= 11 is 0. The van der Waals surface area contributed by atoms with Gasteiger partial charge >= 0.3 is 0 Å². The van der Waals surface area contributed by atoms with Gasteiger partial charge in [-0.05, 0) is 11.6 Å². The Morgan fingerprint density at radius 1 is 1.11 bits per heavy atom. The Morgan fingerprint density at radius 3 is 2.43 bits per heavy atom. The highest BCUT2D eigenvalue weighted by Gasteiger charge is 2.26. The fraction of sp³-hybridized carbons (Fsp3) is 0.350.